The molecule has 0 bridgehead atoms. The Hall–Kier alpha value is -1.60. The number of pyridine rings is 1. The highest BCUT2D eigenvalue weighted by Gasteiger charge is 1.98. The first kappa shape index (κ1) is 5.21. The van der Waals surface area contributed by atoms with Gasteiger partial charge in [-0.25, -0.2) is 0 Å². The first-order valence-corrected chi connectivity index (χ1v) is 2.95. The summed E-state index contributed by atoms with van der Waals surface area (Å²) in [5.41, 5.74) is 4.81. The van der Waals surface area contributed by atoms with Gasteiger partial charge in [-0.15, -0.1) is 5.10 Å². The molecule has 0 unspecified atom stereocenters. The number of nitrogens with zero attached hydrogens (tertiary/aromatic N) is 2. The van der Waals surface area contributed by atoms with Crippen LogP contribution in [0.4, 0.5) is 5.69 Å². The fourth-order valence-electron chi connectivity index (χ4n) is 0.818. The van der Waals surface area contributed by atoms with Gasteiger partial charge in [-0.2, -0.15) is 0 Å². The molecular weight excluding hydrogens is 126 g/mol. The second-order valence-corrected chi connectivity index (χ2v) is 1.96. The Labute approximate surface area is 58.1 Å². The topological polar surface area (TPSA) is 37.3 Å². The van der Waals surface area contributed by atoms with Gasteiger partial charge in [-0.3, -0.25) is 10.4 Å². The molecule has 0 atom stereocenters. The van der Waals surface area contributed by atoms with Gasteiger partial charge < -0.3 is 0 Å². The van der Waals surface area contributed by atoms with Gasteiger partial charge in [0.2, 0.25) is 0 Å². The lowest BCUT2D eigenvalue weighted by molar-refractivity contribution is 1.27. The van der Waals surface area contributed by atoms with E-state index in [0.29, 0.717) is 0 Å². The van der Waals surface area contributed by atoms with Crippen molar-refractivity contribution in [1.29, 1.82) is 0 Å². The molecular formula is C7H5N3. The Kier molecular flexibility index (Phi) is 1.03. The molecule has 1 aliphatic heterocycles. The molecule has 0 saturated heterocycles. The van der Waals surface area contributed by atoms with Gasteiger partial charge in [-0.1, -0.05) is 0 Å². The minimum Gasteiger partial charge on any atom is -0.270 e. The summed E-state index contributed by atoms with van der Waals surface area (Å²) >= 11 is 0. The summed E-state index contributed by atoms with van der Waals surface area (Å²) in [5, 5.41) is 3.74. The highest BCUT2D eigenvalue weighted by atomic mass is 15.3. The van der Waals surface area contributed by atoms with Crippen LogP contribution in [0.1, 0.15) is 5.56 Å². The molecule has 1 aliphatic rings. The fourth-order valence-corrected chi connectivity index (χ4v) is 0.818. The number of aromatic nitrogens is 1. The minimum atomic E-state index is 0.980. The molecule has 2 heterocycles. The highest BCUT2D eigenvalue weighted by molar-refractivity contribution is 5.85. The molecule has 48 valence electrons. The smallest absolute Gasteiger partial charge is 0.0679 e. The normalized spacial score (nSPS) is 12.4. The Morgan fingerprint density at radius 1 is 1.50 bits per heavy atom. The van der Waals surface area contributed by atoms with E-state index in [-0.39, 0.29) is 0 Å². The summed E-state index contributed by atoms with van der Waals surface area (Å²) in [6, 6.07) is 1.87. The lowest BCUT2D eigenvalue weighted by Crippen LogP contribution is -1.94. The summed E-state index contributed by atoms with van der Waals surface area (Å²) in [5.74, 6) is 2.69. The van der Waals surface area contributed by atoms with Gasteiger partial charge >= 0.3 is 0 Å². The Bertz CT molecular complexity index is 310. The molecule has 2 rings (SSSR count). The van der Waals surface area contributed by atoms with E-state index in [1.165, 1.54) is 0 Å². The Balaban J connectivity index is 2.63. The molecule has 1 aromatic heterocycles. The van der Waals surface area contributed by atoms with Crippen LogP contribution in [-0.4, -0.2) is 10.9 Å². The summed E-state index contributed by atoms with van der Waals surface area (Å²) in [6.07, 6.45) is 5.28. The molecule has 10 heavy (non-hydrogen) atoms. The number of hydrogen-bond donors (Lipinski definition) is 1. The van der Waals surface area contributed by atoms with E-state index in [1.54, 1.807) is 18.5 Å². The average molecular weight is 131 g/mol. The van der Waals surface area contributed by atoms with Crippen LogP contribution < -0.4 is 5.43 Å². The molecule has 1 N–H and O–H groups in total. The molecule has 0 aromatic carbocycles. The maximum absolute atomic E-state index is 3.95. The third-order valence-corrected chi connectivity index (χ3v) is 1.31. The van der Waals surface area contributed by atoms with Crippen LogP contribution in [0.2, 0.25) is 0 Å². The van der Waals surface area contributed by atoms with Crippen molar-refractivity contribution >= 4 is 17.6 Å². The number of nitrogens with one attached hydrogen (secondary N) is 1. The van der Waals surface area contributed by atoms with Gasteiger partial charge in [0, 0.05) is 29.9 Å². The minimum absolute atomic E-state index is 0.980. The summed E-state index contributed by atoms with van der Waals surface area (Å²) in [4.78, 5) is 3.95. The molecule has 0 saturated carbocycles. The van der Waals surface area contributed by atoms with Crippen molar-refractivity contribution < 1.29 is 0 Å². The van der Waals surface area contributed by atoms with Gasteiger partial charge in [0.15, 0.2) is 0 Å². The maximum atomic E-state index is 3.95. The van der Waals surface area contributed by atoms with Gasteiger partial charge in [-0.05, 0) is 6.07 Å². The monoisotopic (exact) mass is 131 g/mol. The van der Waals surface area contributed by atoms with Crippen molar-refractivity contribution in [3.8, 4) is 0 Å². The zero-order chi connectivity index (χ0) is 6.81. The lowest BCUT2D eigenvalue weighted by Gasteiger charge is -2.03. The number of hydrazone groups is 1. The van der Waals surface area contributed by atoms with E-state index < -0.39 is 0 Å². The second-order valence-electron chi connectivity index (χ2n) is 1.96. The number of fused-ring (bicyclic) bond motifs is 1. The average Bonchev–Trinajstić information content (AvgIpc) is 2.05. The predicted molar refractivity (Wildman–Crippen MR) is 39.8 cm³/mol. The molecule has 1 aromatic rings. The highest BCUT2D eigenvalue weighted by Crippen LogP contribution is 2.15. The van der Waals surface area contributed by atoms with Crippen molar-refractivity contribution in [3.63, 3.8) is 0 Å². The fraction of sp³-hybridized carbons (Fsp3) is 0. The molecule has 0 spiro atoms. The zero-order valence-corrected chi connectivity index (χ0v) is 5.20. The van der Waals surface area contributed by atoms with Crippen molar-refractivity contribution in [2.24, 2.45) is 5.10 Å². The number of rotatable bonds is 0. The van der Waals surface area contributed by atoms with Gasteiger partial charge in [0.1, 0.15) is 0 Å². The van der Waals surface area contributed by atoms with E-state index in [9.17, 15) is 0 Å². The molecule has 0 radical (unpaired) electrons. The van der Waals surface area contributed by atoms with Crippen LogP contribution in [-0.2, 0) is 0 Å². The summed E-state index contributed by atoms with van der Waals surface area (Å²) < 4.78 is 0. The van der Waals surface area contributed by atoms with Gasteiger partial charge in [0.05, 0.1) is 5.69 Å². The lowest BCUT2D eigenvalue weighted by atomic mass is 10.2. The van der Waals surface area contributed by atoms with E-state index in [1.807, 2.05) is 6.07 Å². The van der Waals surface area contributed by atoms with Crippen LogP contribution in [0.25, 0.3) is 6.08 Å². The second kappa shape index (κ2) is 1.97. The first-order valence-electron chi connectivity index (χ1n) is 2.95. The zero-order valence-electron chi connectivity index (χ0n) is 5.20. The molecule has 0 fully saturated rings. The molecule has 0 aliphatic carbocycles. The molecule has 0 amide bonds. The summed E-state index contributed by atoms with van der Waals surface area (Å²) in [7, 11) is 0. The van der Waals surface area contributed by atoms with Crippen LogP contribution in [0.3, 0.4) is 0 Å². The van der Waals surface area contributed by atoms with Crippen LogP contribution >= 0.6 is 0 Å². The Morgan fingerprint density at radius 3 is 3.40 bits per heavy atom. The standard InChI is InChI=1S/C7H5N3/c1-4-9-10-7-2-3-8-5-6(1)7/h1-3,5,10H. The first-order chi connectivity index (χ1) is 4.97. The van der Waals surface area contributed by atoms with E-state index in [0.717, 1.165) is 11.3 Å². The van der Waals surface area contributed by atoms with Crippen molar-refractivity contribution in [1.82, 2.24) is 4.98 Å². The molecule has 3 heteroatoms. The predicted octanol–water partition coefficient (Wildman–Crippen LogP) is 1.10. The molecule has 3 nitrogen and oxygen atoms in total. The Morgan fingerprint density at radius 2 is 2.50 bits per heavy atom. The SMILES string of the molecule is C1=Cc2cnccc2NN=1. The van der Waals surface area contributed by atoms with Crippen LogP contribution in [0.15, 0.2) is 23.6 Å². The van der Waals surface area contributed by atoms with Gasteiger partial charge in [0.25, 0.3) is 0 Å². The quantitative estimate of drug-likeness (QED) is 0.572. The maximum Gasteiger partial charge on any atom is 0.0679 e. The van der Waals surface area contributed by atoms with Crippen molar-refractivity contribution in [3.05, 3.63) is 24.0 Å². The third kappa shape index (κ3) is 0.694. The van der Waals surface area contributed by atoms with Crippen molar-refractivity contribution in [2.75, 3.05) is 5.43 Å². The summed E-state index contributed by atoms with van der Waals surface area (Å²) in [6.45, 7) is 0. The van der Waals surface area contributed by atoms with Crippen LogP contribution in [0, 0.1) is 0 Å². The van der Waals surface area contributed by atoms with E-state index in [2.05, 4.69) is 21.4 Å². The third-order valence-electron chi connectivity index (χ3n) is 1.31. The largest absolute Gasteiger partial charge is 0.270 e. The van der Waals surface area contributed by atoms with E-state index >= 15 is 0 Å². The van der Waals surface area contributed by atoms with Crippen molar-refractivity contribution in [2.45, 2.75) is 0 Å². The van der Waals surface area contributed by atoms with Crippen LogP contribution in [0.5, 0.6) is 0 Å². The van der Waals surface area contributed by atoms with E-state index in [4.69, 9.17) is 0 Å². The number of hydrogen-bond acceptors (Lipinski definition) is 3. The number of anilines is 1.